The highest BCUT2D eigenvalue weighted by Gasteiger charge is 2.36. The molecule has 1 aliphatic carbocycles. The highest BCUT2D eigenvalue weighted by atomic mass is 32.2. The largest absolute Gasteiger partial charge is 0.474 e. The number of amides is 1. The number of benzene rings is 1. The van der Waals surface area contributed by atoms with E-state index in [1.807, 2.05) is 13.8 Å². The number of ether oxygens (including phenoxy) is 1. The molecule has 0 unspecified atom stereocenters. The fourth-order valence-electron chi connectivity index (χ4n) is 3.25. The molecule has 3 aromatic rings. The number of rotatable bonds is 9. The molecule has 35 heavy (non-hydrogen) atoms. The smallest absolute Gasteiger partial charge is 0.254 e. The van der Waals surface area contributed by atoms with Crippen LogP contribution < -0.4 is 14.8 Å². The van der Waals surface area contributed by atoms with Crippen molar-refractivity contribution in [2.75, 3.05) is 4.72 Å². The van der Waals surface area contributed by atoms with Crippen molar-refractivity contribution in [1.29, 1.82) is 0 Å². The van der Waals surface area contributed by atoms with Gasteiger partial charge < -0.3 is 10.1 Å². The van der Waals surface area contributed by atoms with Gasteiger partial charge in [0.05, 0.1) is 46.2 Å². The molecular formula is C23H26FN5O4S2. The number of hydrogen-bond acceptors (Lipinski definition) is 8. The number of nitrogens with one attached hydrogen (secondary N) is 2. The van der Waals surface area contributed by atoms with Gasteiger partial charge in [0, 0.05) is 10.9 Å². The Bertz CT molecular complexity index is 1350. The first-order chi connectivity index (χ1) is 16.4. The molecule has 0 atom stereocenters. The van der Waals surface area contributed by atoms with Crippen LogP contribution in [0.1, 0.15) is 56.6 Å². The van der Waals surface area contributed by atoms with E-state index >= 15 is 0 Å². The zero-order valence-electron chi connectivity index (χ0n) is 19.7. The van der Waals surface area contributed by atoms with Crippen LogP contribution in [0.3, 0.4) is 0 Å². The molecule has 12 heteroatoms. The number of halogens is 1. The van der Waals surface area contributed by atoms with Gasteiger partial charge in [-0.2, -0.15) is 0 Å². The second-order valence-electron chi connectivity index (χ2n) is 9.07. The molecule has 4 rings (SSSR count). The molecule has 2 aromatic heterocycles. The molecule has 1 fully saturated rings. The molecule has 2 N–H and O–H groups in total. The van der Waals surface area contributed by atoms with Crippen LogP contribution in [-0.4, -0.2) is 40.6 Å². The van der Waals surface area contributed by atoms with Crippen molar-refractivity contribution in [2.24, 2.45) is 0 Å². The van der Waals surface area contributed by atoms with Crippen LogP contribution in [0.2, 0.25) is 0 Å². The van der Waals surface area contributed by atoms with E-state index in [1.54, 1.807) is 25.3 Å². The van der Waals surface area contributed by atoms with Crippen LogP contribution >= 0.6 is 11.3 Å². The van der Waals surface area contributed by atoms with Crippen LogP contribution in [-0.2, 0) is 15.6 Å². The minimum absolute atomic E-state index is 0.0853. The summed E-state index contributed by atoms with van der Waals surface area (Å²) in [6.45, 7) is 7.15. The molecule has 1 aliphatic rings. The fraction of sp³-hybridized carbons (Fsp3) is 0.391. The summed E-state index contributed by atoms with van der Waals surface area (Å²) in [5.74, 6) is -1.03. The lowest BCUT2D eigenvalue weighted by atomic mass is 10.0. The average molecular weight is 520 g/mol. The maximum atomic E-state index is 14.9. The first kappa shape index (κ1) is 25.0. The van der Waals surface area contributed by atoms with Gasteiger partial charge in [0.1, 0.15) is 5.82 Å². The quantitative estimate of drug-likeness (QED) is 0.436. The summed E-state index contributed by atoms with van der Waals surface area (Å²) in [4.78, 5) is 25.6. The van der Waals surface area contributed by atoms with Gasteiger partial charge in [0.2, 0.25) is 15.9 Å². The standard InChI is InChI=1S/C23H26FN5O4S2/c1-13(2)33-20-11-25-10-18(26-20)14-5-8-16(17(24)9-14)21(30)28-23(3,4)19-12-34-22(27-19)29-35(31,32)15-6-7-15/h5,8-13,15H,6-7H2,1-4H3,(H,27,29)(H,28,30). The second kappa shape index (κ2) is 9.50. The van der Waals surface area contributed by atoms with Gasteiger partial charge in [0.25, 0.3) is 5.91 Å². The predicted molar refractivity (Wildman–Crippen MR) is 131 cm³/mol. The summed E-state index contributed by atoms with van der Waals surface area (Å²) in [6.07, 6.45) is 4.16. The number of nitrogens with zero attached hydrogens (tertiary/aromatic N) is 3. The van der Waals surface area contributed by atoms with E-state index in [9.17, 15) is 17.6 Å². The third-order valence-corrected chi connectivity index (χ3v) is 7.96. The van der Waals surface area contributed by atoms with Gasteiger partial charge in [-0.05, 0) is 52.7 Å². The number of aromatic nitrogens is 3. The number of sulfonamides is 1. The summed E-state index contributed by atoms with van der Waals surface area (Å²) in [5.41, 5.74) is 0.202. The third kappa shape index (κ3) is 5.93. The molecule has 0 saturated heterocycles. The van der Waals surface area contributed by atoms with E-state index in [0.717, 1.165) is 11.3 Å². The monoisotopic (exact) mass is 519 g/mol. The van der Waals surface area contributed by atoms with Gasteiger partial charge in [-0.1, -0.05) is 6.07 Å². The summed E-state index contributed by atoms with van der Waals surface area (Å²) in [6, 6.07) is 4.18. The van der Waals surface area contributed by atoms with Crippen molar-refractivity contribution in [1.82, 2.24) is 20.3 Å². The van der Waals surface area contributed by atoms with Crippen molar-refractivity contribution < 1.29 is 22.3 Å². The lowest BCUT2D eigenvalue weighted by molar-refractivity contribution is 0.0906. The number of carbonyl (C=O) groups is 1. The molecule has 1 saturated carbocycles. The first-order valence-electron chi connectivity index (χ1n) is 11.0. The van der Waals surface area contributed by atoms with Crippen molar-refractivity contribution in [3.05, 3.63) is 53.0 Å². The summed E-state index contributed by atoms with van der Waals surface area (Å²) < 4.78 is 47.2. The Balaban J connectivity index is 1.48. The van der Waals surface area contributed by atoms with Gasteiger partial charge in [-0.15, -0.1) is 11.3 Å². The Morgan fingerprint density at radius 3 is 2.63 bits per heavy atom. The maximum absolute atomic E-state index is 14.9. The molecule has 0 aliphatic heterocycles. The predicted octanol–water partition coefficient (Wildman–Crippen LogP) is 4.10. The van der Waals surface area contributed by atoms with E-state index in [4.69, 9.17) is 4.74 Å². The van der Waals surface area contributed by atoms with Gasteiger partial charge >= 0.3 is 0 Å². The molecule has 2 heterocycles. The van der Waals surface area contributed by atoms with Gasteiger partial charge in [-0.25, -0.2) is 22.8 Å². The topological polar surface area (TPSA) is 123 Å². The third-order valence-electron chi connectivity index (χ3n) is 5.24. The highest BCUT2D eigenvalue weighted by Crippen LogP contribution is 2.32. The van der Waals surface area contributed by atoms with E-state index in [1.165, 1.54) is 24.5 Å². The fourth-order valence-corrected chi connectivity index (χ4v) is 5.73. The van der Waals surface area contributed by atoms with Crippen LogP contribution in [0.5, 0.6) is 5.88 Å². The van der Waals surface area contributed by atoms with Gasteiger partial charge in [-0.3, -0.25) is 14.5 Å². The molecule has 186 valence electrons. The number of anilines is 1. The van der Waals surface area contributed by atoms with E-state index in [-0.39, 0.29) is 22.0 Å². The zero-order valence-corrected chi connectivity index (χ0v) is 21.3. The molecule has 1 aromatic carbocycles. The molecule has 0 radical (unpaired) electrons. The molecule has 0 bridgehead atoms. The number of thiazole rings is 1. The Labute approximate surface area is 207 Å². The SMILES string of the molecule is CC(C)Oc1cncc(-c2ccc(C(=O)NC(C)(C)c3csc(NS(=O)(=O)C4CC4)n3)c(F)c2)n1. The summed E-state index contributed by atoms with van der Waals surface area (Å²) in [7, 11) is -3.44. The zero-order chi connectivity index (χ0) is 25.4. The summed E-state index contributed by atoms with van der Waals surface area (Å²) in [5, 5.41) is 4.29. The second-order valence-corrected chi connectivity index (χ2v) is 11.9. The molecule has 0 spiro atoms. The molecule has 9 nitrogen and oxygen atoms in total. The van der Waals surface area contributed by atoms with Crippen molar-refractivity contribution in [3.63, 3.8) is 0 Å². The Hall–Kier alpha value is -3.12. The van der Waals surface area contributed by atoms with Crippen LogP contribution in [0.4, 0.5) is 9.52 Å². The number of hydrogen-bond donors (Lipinski definition) is 2. The number of carbonyl (C=O) groups excluding carboxylic acids is 1. The first-order valence-corrected chi connectivity index (χ1v) is 13.5. The lowest BCUT2D eigenvalue weighted by Crippen LogP contribution is -2.41. The average Bonchev–Trinajstić information content (AvgIpc) is 3.53. The lowest BCUT2D eigenvalue weighted by Gasteiger charge is -2.24. The van der Waals surface area contributed by atoms with Crippen molar-refractivity contribution >= 4 is 32.4 Å². The molecule has 1 amide bonds. The van der Waals surface area contributed by atoms with Crippen molar-refractivity contribution in [3.8, 4) is 17.1 Å². The Kier molecular flexibility index (Phi) is 6.78. The normalized spacial score (nSPS) is 14.1. The van der Waals surface area contributed by atoms with Gasteiger partial charge in [0.15, 0.2) is 5.13 Å². The van der Waals surface area contributed by atoms with E-state index < -0.39 is 27.3 Å². The van der Waals surface area contributed by atoms with Crippen LogP contribution in [0.25, 0.3) is 11.3 Å². The van der Waals surface area contributed by atoms with Crippen LogP contribution in [0, 0.1) is 5.82 Å². The van der Waals surface area contributed by atoms with E-state index in [0.29, 0.717) is 35.7 Å². The Morgan fingerprint density at radius 2 is 1.97 bits per heavy atom. The van der Waals surface area contributed by atoms with Crippen molar-refractivity contribution in [2.45, 2.75) is 57.4 Å². The molecular weight excluding hydrogens is 493 g/mol. The Morgan fingerprint density at radius 1 is 1.23 bits per heavy atom. The minimum Gasteiger partial charge on any atom is -0.474 e. The maximum Gasteiger partial charge on any atom is 0.254 e. The highest BCUT2D eigenvalue weighted by molar-refractivity contribution is 7.93. The summed E-state index contributed by atoms with van der Waals surface area (Å²) >= 11 is 1.13. The van der Waals surface area contributed by atoms with Crippen LogP contribution in [0.15, 0.2) is 36.0 Å². The minimum atomic E-state index is -3.44. The van der Waals surface area contributed by atoms with E-state index in [2.05, 4.69) is 25.0 Å².